The van der Waals surface area contributed by atoms with Crippen molar-refractivity contribution in [2.45, 2.75) is 11.3 Å². The molecule has 10 nitrogen and oxygen atoms in total. The summed E-state index contributed by atoms with van der Waals surface area (Å²) in [5.74, 6) is 0.282. The zero-order valence-corrected chi connectivity index (χ0v) is 22.8. The number of halogens is 1. The number of anilines is 1. The van der Waals surface area contributed by atoms with Crippen LogP contribution in [0.4, 0.5) is 10.3 Å². The number of H-pyrrole nitrogens is 1. The van der Waals surface area contributed by atoms with Gasteiger partial charge in [0.2, 0.25) is 16.0 Å². The van der Waals surface area contributed by atoms with E-state index in [2.05, 4.69) is 25.0 Å². The second-order valence-electron chi connectivity index (χ2n) is 8.96. The second-order valence-corrected chi connectivity index (χ2v) is 10.7. The van der Waals surface area contributed by atoms with Crippen molar-refractivity contribution in [2.75, 3.05) is 25.5 Å². The van der Waals surface area contributed by atoms with E-state index in [4.69, 9.17) is 9.72 Å². The van der Waals surface area contributed by atoms with E-state index < -0.39 is 21.6 Å². The maximum absolute atomic E-state index is 13.8. The fraction of sp³-hybridized carbons (Fsp3) is 0.138. The van der Waals surface area contributed by atoms with Crippen LogP contribution in [-0.2, 0) is 10.0 Å². The Bertz CT molecular complexity index is 1750. The summed E-state index contributed by atoms with van der Waals surface area (Å²) in [6.45, 7) is 0.617. The lowest BCUT2D eigenvalue weighted by molar-refractivity contribution is 0.414. The van der Waals surface area contributed by atoms with Crippen LogP contribution >= 0.6 is 0 Å². The predicted octanol–water partition coefficient (Wildman–Crippen LogP) is 4.83. The van der Waals surface area contributed by atoms with Crippen LogP contribution in [0.5, 0.6) is 11.5 Å². The summed E-state index contributed by atoms with van der Waals surface area (Å²) < 4.78 is 46.4. The zero-order valence-electron chi connectivity index (χ0n) is 22.0. The third-order valence-electron chi connectivity index (χ3n) is 6.18. The van der Waals surface area contributed by atoms with Gasteiger partial charge in [-0.25, -0.2) is 32.5 Å². The van der Waals surface area contributed by atoms with Crippen LogP contribution in [0, 0.1) is 5.82 Å². The first-order valence-electron chi connectivity index (χ1n) is 12.7. The topological polar surface area (TPSA) is 142 Å². The number of aromatic amines is 1. The highest BCUT2D eigenvalue weighted by molar-refractivity contribution is 7.89. The zero-order chi connectivity index (χ0) is 28.8. The van der Waals surface area contributed by atoms with E-state index in [9.17, 15) is 17.9 Å². The summed E-state index contributed by atoms with van der Waals surface area (Å²) >= 11 is 0. The number of imidazole rings is 1. The van der Waals surface area contributed by atoms with Crippen molar-refractivity contribution >= 4 is 16.0 Å². The molecule has 4 N–H and O–H groups in total. The Kier molecular flexibility index (Phi) is 8.22. The molecule has 5 rings (SSSR count). The Morgan fingerprint density at radius 2 is 1.73 bits per heavy atom. The molecule has 0 aliphatic heterocycles. The molecule has 41 heavy (non-hydrogen) atoms. The molecule has 0 spiro atoms. The average molecular weight is 575 g/mol. The Hall–Kier alpha value is -4.81. The van der Waals surface area contributed by atoms with E-state index in [1.165, 1.54) is 37.4 Å². The molecule has 0 amide bonds. The van der Waals surface area contributed by atoms with Crippen LogP contribution in [0.1, 0.15) is 6.42 Å². The number of ether oxygens (including phenoxy) is 1. The standard InChI is InChI=1S/C29H27FN6O4S/c1-40-21-9-11-22(12-10-21)41(38,39)33-16-5-15-31-29-32-17-14-24(34-29)27-26(20-8-13-23(30)25(37)18-20)35-28(36-27)19-6-3-2-4-7-19/h2-4,6-14,17-18,33,37H,5,15-16H2,1H3,(H,35,36)(H,31,32,34). The maximum atomic E-state index is 13.8. The summed E-state index contributed by atoms with van der Waals surface area (Å²) in [5.41, 5.74) is 2.92. The molecule has 5 aromatic rings. The van der Waals surface area contributed by atoms with Crippen molar-refractivity contribution < 1.29 is 22.7 Å². The van der Waals surface area contributed by atoms with Gasteiger partial charge < -0.3 is 20.1 Å². The molecule has 0 fully saturated rings. The van der Waals surface area contributed by atoms with Gasteiger partial charge in [-0.05, 0) is 55.0 Å². The van der Waals surface area contributed by atoms with Crippen molar-refractivity contribution in [3.05, 3.63) is 90.9 Å². The van der Waals surface area contributed by atoms with Gasteiger partial charge in [0.1, 0.15) is 11.6 Å². The lowest BCUT2D eigenvalue weighted by Crippen LogP contribution is -2.26. The number of phenols is 1. The summed E-state index contributed by atoms with van der Waals surface area (Å²) in [4.78, 5) is 17.1. The third-order valence-corrected chi connectivity index (χ3v) is 7.66. The Morgan fingerprint density at radius 3 is 2.46 bits per heavy atom. The van der Waals surface area contributed by atoms with Crippen molar-refractivity contribution in [2.24, 2.45) is 0 Å². The molecule has 0 radical (unpaired) electrons. The molecule has 2 heterocycles. The minimum Gasteiger partial charge on any atom is -0.505 e. The molecule has 0 unspecified atom stereocenters. The van der Waals surface area contributed by atoms with Crippen molar-refractivity contribution in [1.82, 2.24) is 24.7 Å². The number of aromatic hydroxyl groups is 1. The van der Waals surface area contributed by atoms with Gasteiger partial charge in [-0.15, -0.1) is 0 Å². The summed E-state index contributed by atoms with van der Waals surface area (Å²) in [5, 5.41) is 13.1. The van der Waals surface area contributed by atoms with Crippen LogP contribution in [0.25, 0.3) is 34.0 Å². The van der Waals surface area contributed by atoms with Crippen LogP contribution in [0.15, 0.2) is 90.0 Å². The smallest absolute Gasteiger partial charge is 0.240 e. The van der Waals surface area contributed by atoms with Crippen molar-refractivity contribution in [3.8, 4) is 45.5 Å². The number of rotatable bonds is 11. The Balaban J connectivity index is 1.30. The molecule has 210 valence electrons. The van der Waals surface area contributed by atoms with Crippen molar-refractivity contribution in [1.29, 1.82) is 0 Å². The molecule has 2 aromatic heterocycles. The summed E-state index contributed by atoms with van der Waals surface area (Å²) in [6.07, 6.45) is 2.07. The SMILES string of the molecule is COc1ccc(S(=O)(=O)NCCCNc2nccc(-c3[nH]c(-c4ccccc4)nc3-c3ccc(F)c(O)c3)n2)cc1. The van der Waals surface area contributed by atoms with E-state index in [-0.39, 0.29) is 11.4 Å². The number of hydrogen-bond acceptors (Lipinski definition) is 8. The molecule has 0 aliphatic carbocycles. The highest BCUT2D eigenvalue weighted by Crippen LogP contribution is 2.34. The number of nitrogens with one attached hydrogen (secondary N) is 3. The van der Waals surface area contributed by atoms with Gasteiger partial charge in [-0.1, -0.05) is 30.3 Å². The third kappa shape index (κ3) is 6.51. The molecule has 0 atom stereocenters. The highest BCUT2D eigenvalue weighted by atomic mass is 32.2. The molecule has 12 heteroatoms. The molecule has 0 bridgehead atoms. The minimum atomic E-state index is -3.65. The number of hydrogen-bond donors (Lipinski definition) is 4. The lowest BCUT2D eigenvalue weighted by Gasteiger charge is -2.09. The number of sulfonamides is 1. The summed E-state index contributed by atoms with van der Waals surface area (Å²) in [7, 11) is -2.13. The van der Waals surface area contributed by atoms with E-state index >= 15 is 0 Å². The first-order chi connectivity index (χ1) is 19.8. The maximum Gasteiger partial charge on any atom is 0.240 e. The fourth-order valence-electron chi connectivity index (χ4n) is 4.08. The monoisotopic (exact) mass is 574 g/mol. The van der Waals surface area contributed by atoms with Gasteiger partial charge in [0.15, 0.2) is 11.6 Å². The van der Waals surface area contributed by atoms with E-state index in [1.54, 1.807) is 24.4 Å². The van der Waals surface area contributed by atoms with E-state index in [0.717, 1.165) is 5.56 Å². The quantitative estimate of drug-likeness (QED) is 0.164. The van der Waals surface area contributed by atoms with E-state index in [0.29, 0.717) is 53.1 Å². The first-order valence-corrected chi connectivity index (χ1v) is 14.2. The first kappa shape index (κ1) is 27.7. The van der Waals surface area contributed by atoms with Crippen LogP contribution in [0.3, 0.4) is 0 Å². The number of phenolic OH excluding ortho intramolecular Hbond substituents is 1. The van der Waals surface area contributed by atoms with Gasteiger partial charge in [0.05, 0.1) is 29.1 Å². The molecule has 3 aromatic carbocycles. The average Bonchev–Trinajstić information content (AvgIpc) is 3.45. The van der Waals surface area contributed by atoms with Crippen LogP contribution in [0.2, 0.25) is 0 Å². The number of benzene rings is 3. The van der Waals surface area contributed by atoms with Gasteiger partial charge >= 0.3 is 0 Å². The largest absolute Gasteiger partial charge is 0.505 e. The molecule has 0 saturated carbocycles. The normalized spacial score (nSPS) is 11.4. The van der Waals surface area contributed by atoms with E-state index in [1.807, 2.05) is 30.3 Å². The second kappa shape index (κ2) is 12.1. The minimum absolute atomic E-state index is 0.155. The molecular formula is C29H27FN6O4S. The van der Waals surface area contributed by atoms with Crippen LogP contribution < -0.4 is 14.8 Å². The lowest BCUT2D eigenvalue weighted by atomic mass is 10.1. The summed E-state index contributed by atoms with van der Waals surface area (Å²) in [6, 6.07) is 21.4. The number of methoxy groups -OCH3 is 1. The Morgan fingerprint density at radius 1 is 0.951 bits per heavy atom. The van der Waals surface area contributed by atoms with Crippen molar-refractivity contribution in [3.63, 3.8) is 0 Å². The number of aromatic nitrogens is 4. The predicted molar refractivity (Wildman–Crippen MR) is 153 cm³/mol. The highest BCUT2D eigenvalue weighted by Gasteiger charge is 2.18. The van der Waals surface area contributed by atoms with Gasteiger partial charge in [-0.2, -0.15) is 0 Å². The number of nitrogens with zero attached hydrogens (tertiary/aromatic N) is 3. The van der Waals surface area contributed by atoms with Gasteiger partial charge in [0.25, 0.3) is 0 Å². The fourth-order valence-corrected chi connectivity index (χ4v) is 5.15. The Labute approximate surface area is 236 Å². The van der Waals surface area contributed by atoms with Gasteiger partial charge in [-0.3, -0.25) is 0 Å². The molecule has 0 saturated heterocycles. The molecule has 0 aliphatic rings. The molecular weight excluding hydrogens is 547 g/mol. The van der Waals surface area contributed by atoms with Crippen LogP contribution in [-0.4, -0.2) is 53.7 Å². The van der Waals surface area contributed by atoms with Gasteiger partial charge in [0, 0.05) is 30.4 Å².